The summed E-state index contributed by atoms with van der Waals surface area (Å²) in [5, 5.41) is 0.301. The third-order valence-corrected chi connectivity index (χ3v) is 4.50. The topological polar surface area (TPSA) is 101 Å². The highest BCUT2D eigenvalue weighted by Crippen LogP contribution is 2.21. The van der Waals surface area contributed by atoms with Gasteiger partial charge < -0.3 is 10.6 Å². The van der Waals surface area contributed by atoms with E-state index in [4.69, 9.17) is 5.73 Å². The molecule has 1 amide bonds. The molecule has 0 aliphatic heterocycles. The number of rotatable bonds is 8. The molecule has 25 heavy (non-hydrogen) atoms. The number of anilines is 2. The van der Waals surface area contributed by atoms with Crippen molar-refractivity contribution in [3.63, 3.8) is 0 Å². The van der Waals surface area contributed by atoms with Crippen molar-refractivity contribution in [2.75, 3.05) is 22.9 Å². The molecule has 0 atom stereocenters. The average Bonchev–Trinajstić information content (AvgIpc) is 2.47. The van der Waals surface area contributed by atoms with Gasteiger partial charge in [-0.3, -0.25) is 19.1 Å². The third-order valence-electron chi connectivity index (χ3n) is 3.42. The number of nitrogens with two attached hydrogens (primary N) is 1. The molecule has 0 saturated heterocycles. The number of nitrogen functional groups attached to an aromatic ring is 1. The van der Waals surface area contributed by atoms with E-state index in [2.05, 4.69) is 4.98 Å². The van der Waals surface area contributed by atoms with Crippen LogP contribution in [0.1, 0.15) is 41.5 Å². The minimum atomic E-state index is -0.619. The number of H-pyrrole nitrogens is 1. The van der Waals surface area contributed by atoms with E-state index < -0.39 is 11.2 Å². The van der Waals surface area contributed by atoms with Crippen molar-refractivity contribution in [1.82, 2.24) is 9.55 Å². The molecule has 3 N–H and O–H groups in total. The van der Waals surface area contributed by atoms with Crippen molar-refractivity contribution in [3.05, 3.63) is 20.8 Å². The fraction of sp³-hybridized carbons (Fsp3) is 0.706. The van der Waals surface area contributed by atoms with Crippen LogP contribution in [0.4, 0.5) is 11.5 Å². The molecule has 1 aromatic rings. The first kappa shape index (κ1) is 21.3. The van der Waals surface area contributed by atoms with Crippen LogP contribution in [-0.2, 0) is 11.3 Å². The predicted octanol–water partition coefficient (Wildman–Crippen LogP) is 1.91. The van der Waals surface area contributed by atoms with Crippen LogP contribution in [0.2, 0.25) is 0 Å². The highest BCUT2D eigenvalue weighted by molar-refractivity contribution is 8.00. The molecule has 1 heterocycles. The Kier molecular flexibility index (Phi) is 7.79. The summed E-state index contributed by atoms with van der Waals surface area (Å²) < 4.78 is 1.33. The maximum Gasteiger partial charge on any atom is 0.330 e. The smallest absolute Gasteiger partial charge is 0.330 e. The molecular formula is C17H30N4O3S. The number of amides is 1. The monoisotopic (exact) mass is 370 g/mol. The molecule has 142 valence electrons. The molecule has 0 radical (unpaired) electrons. The van der Waals surface area contributed by atoms with Crippen LogP contribution in [0.3, 0.4) is 0 Å². The Balaban J connectivity index is 3.40. The number of nitrogens with zero attached hydrogens (tertiary/aromatic N) is 2. The number of aromatic nitrogens is 2. The lowest BCUT2D eigenvalue weighted by Crippen LogP contribution is -2.43. The van der Waals surface area contributed by atoms with Crippen LogP contribution in [0, 0.1) is 11.8 Å². The van der Waals surface area contributed by atoms with E-state index >= 15 is 0 Å². The summed E-state index contributed by atoms with van der Waals surface area (Å²) in [7, 11) is 0. The summed E-state index contributed by atoms with van der Waals surface area (Å²) in [6.07, 6.45) is 0. The molecule has 1 rings (SSSR count). The SMILES string of the molecule is CC(C)CN(C(=O)CSC(C)C)c1c(N)n(CC(C)C)c(=O)[nH]c1=O. The standard InChI is InChI=1S/C17H30N4O3S/c1-10(2)7-20(13(22)9-25-12(5)6)14-15(18)21(8-11(3)4)17(24)19-16(14)23/h10-12H,7-9,18H2,1-6H3,(H,19,23,24). The summed E-state index contributed by atoms with van der Waals surface area (Å²) in [4.78, 5) is 40.9. The predicted molar refractivity (Wildman–Crippen MR) is 105 cm³/mol. The fourth-order valence-electron chi connectivity index (χ4n) is 2.38. The lowest BCUT2D eigenvalue weighted by Gasteiger charge is -2.26. The number of thioether (sulfide) groups is 1. The van der Waals surface area contributed by atoms with Crippen molar-refractivity contribution in [1.29, 1.82) is 0 Å². The first-order chi connectivity index (χ1) is 11.5. The molecule has 0 unspecified atom stereocenters. The lowest BCUT2D eigenvalue weighted by molar-refractivity contribution is -0.116. The van der Waals surface area contributed by atoms with Gasteiger partial charge in [0.15, 0.2) is 5.69 Å². The highest BCUT2D eigenvalue weighted by Gasteiger charge is 2.25. The number of hydrogen-bond donors (Lipinski definition) is 2. The summed E-state index contributed by atoms with van der Waals surface area (Å²) in [5.74, 6) is 0.444. The molecule has 0 fully saturated rings. The van der Waals surface area contributed by atoms with Gasteiger partial charge in [-0.15, -0.1) is 11.8 Å². The minimum Gasteiger partial charge on any atom is -0.383 e. The molecule has 0 bridgehead atoms. The van der Waals surface area contributed by atoms with Crippen molar-refractivity contribution in [2.45, 2.75) is 53.3 Å². The van der Waals surface area contributed by atoms with Gasteiger partial charge in [-0.05, 0) is 17.1 Å². The highest BCUT2D eigenvalue weighted by atomic mass is 32.2. The van der Waals surface area contributed by atoms with Gasteiger partial charge in [0.2, 0.25) is 5.91 Å². The number of aromatic amines is 1. The zero-order valence-corrected chi connectivity index (χ0v) is 16.8. The molecule has 7 nitrogen and oxygen atoms in total. The second kappa shape index (κ2) is 9.12. The van der Waals surface area contributed by atoms with E-state index in [1.54, 1.807) is 0 Å². The van der Waals surface area contributed by atoms with Crippen molar-refractivity contribution in [2.24, 2.45) is 11.8 Å². The second-order valence-electron chi connectivity index (χ2n) is 7.26. The summed E-state index contributed by atoms with van der Waals surface area (Å²) in [5.41, 5.74) is 5.05. The van der Waals surface area contributed by atoms with Gasteiger partial charge >= 0.3 is 5.69 Å². The van der Waals surface area contributed by atoms with Crippen LogP contribution in [-0.4, -0.2) is 33.0 Å². The second-order valence-corrected chi connectivity index (χ2v) is 8.82. The molecule has 0 saturated carbocycles. The van der Waals surface area contributed by atoms with Crippen LogP contribution in [0.25, 0.3) is 0 Å². The minimum absolute atomic E-state index is 0.0472. The van der Waals surface area contributed by atoms with Gasteiger partial charge in [-0.2, -0.15) is 0 Å². The van der Waals surface area contributed by atoms with E-state index in [0.29, 0.717) is 18.3 Å². The number of carbonyl (C=O) groups is 1. The van der Waals surface area contributed by atoms with Gasteiger partial charge in [-0.25, -0.2) is 4.79 Å². The molecule has 1 aromatic heterocycles. The Hall–Kier alpha value is -1.70. The fourth-order valence-corrected chi connectivity index (χ4v) is 3.02. The molecule has 0 aliphatic rings. The van der Waals surface area contributed by atoms with E-state index in [-0.39, 0.29) is 35.0 Å². The van der Waals surface area contributed by atoms with Gasteiger partial charge in [-0.1, -0.05) is 41.5 Å². The van der Waals surface area contributed by atoms with Crippen LogP contribution < -0.4 is 21.9 Å². The number of hydrogen-bond acceptors (Lipinski definition) is 5. The quantitative estimate of drug-likeness (QED) is 0.728. The van der Waals surface area contributed by atoms with Crippen LogP contribution in [0.5, 0.6) is 0 Å². The van der Waals surface area contributed by atoms with Crippen LogP contribution >= 0.6 is 11.8 Å². The van der Waals surface area contributed by atoms with Crippen molar-refractivity contribution in [3.8, 4) is 0 Å². The summed E-state index contributed by atoms with van der Waals surface area (Å²) in [6, 6.07) is 0. The average molecular weight is 371 g/mol. The van der Waals surface area contributed by atoms with Crippen LogP contribution in [0.15, 0.2) is 9.59 Å². The number of nitrogens with one attached hydrogen (secondary N) is 1. The Morgan fingerprint density at radius 2 is 1.76 bits per heavy atom. The number of carbonyl (C=O) groups excluding carboxylic acids is 1. The van der Waals surface area contributed by atoms with E-state index in [0.717, 1.165) is 0 Å². The molecule has 0 aromatic carbocycles. The summed E-state index contributed by atoms with van der Waals surface area (Å²) >= 11 is 1.51. The molecule has 0 spiro atoms. The molecule has 0 aliphatic carbocycles. The maximum absolute atomic E-state index is 12.7. The maximum atomic E-state index is 12.7. The zero-order valence-electron chi connectivity index (χ0n) is 16.0. The van der Waals surface area contributed by atoms with Gasteiger partial charge in [0.1, 0.15) is 5.82 Å². The molecular weight excluding hydrogens is 340 g/mol. The lowest BCUT2D eigenvalue weighted by atomic mass is 10.2. The van der Waals surface area contributed by atoms with E-state index in [1.165, 1.54) is 21.2 Å². The van der Waals surface area contributed by atoms with E-state index in [1.807, 2.05) is 41.5 Å². The normalized spacial score (nSPS) is 11.6. The Morgan fingerprint density at radius 3 is 2.24 bits per heavy atom. The van der Waals surface area contributed by atoms with Gasteiger partial charge in [0.05, 0.1) is 5.75 Å². The van der Waals surface area contributed by atoms with Gasteiger partial charge in [0.25, 0.3) is 5.56 Å². The first-order valence-corrected chi connectivity index (χ1v) is 9.64. The summed E-state index contributed by atoms with van der Waals surface area (Å²) in [6.45, 7) is 12.6. The van der Waals surface area contributed by atoms with E-state index in [9.17, 15) is 14.4 Å². The van der Waals surface area contributed by atoms with Crippen molar-refractivity contribution < 1.29 is 4.79 Å². The van der Waals surface area contributed by atoms with Crippen molar-refractivity contribution >= 4 is 29.2 Å². The molecule has 8 heteroatoms. The first-order valence-electron chi connectivity index (χ1n) is 8.59. The Morgan fingerprint density at radius 1 is 1.16 bits per heavy atom. The third kappa shape index (κ3) is 5.95. The largest absolute Gasteiger partial charge is 0.383 e. The Bertz CT molecular complexity index is 707. The Labute approximate surface area is 153 Å². The zero-order chi connectivity index (χ0) is 19.3. The van der Waals surface area contributed by atoms with Gasteiger partial charge in [0, 0.05) is 13.1 Å².